The van der Waals surface area contributed by atoms with Crippen molar-refractivity contribution in [3.8, 4) is 11.4 Å². The van der Waals surface area contributed by atoms with Crippen LogP contribution in [-0.2, 0) is 16.0 Å². The number of nitrogens with one attached hydrogen (secondary N) is 2. The molecule has 10 heteroatoms. The summed E-state index contributed by atoms with van der Waals surface area (Å²) in [6.07, 6.45) is 4.16. The lowest BCUT2D eigenvalue weighted by molar-refractivity contribution is -0.131. The lowest BCUT2D eigenvalue weighted by Gasteiger charge is -2.57. The van der Waals surface area contributed by atoms with E-state index < -0.39 is 5.54 Å². The Hall–Kier alpha value is -3.66. The van der Waals surface area contributed by atoms with Crippen molar-refractivity contribution in [2.45, 2.75) is 38.8 Å². The molecule has 172 valence electrons. The molecule has 5 rings (SSSR count). The molecule has 2 aromatic heterocycles. The molecule has 0 bridgehead atoms. The van der Waals surface area contributed by atoms with Crippen LogP contribution in [0.5, 0.6) is 5.75 Å². The van der Waals surface area contributed by atoms with Gasteiger partial charge in [0.2, 0.25) is 5.95 Å². The van der Waals surface area contributed by atoms with Crippen LogP contribution in [0.1, 0.15) is 25.2 Å². The second kappa shape index (κ2) is 7.73. The second-order valence-corrected chi connectivity index (χ2v) is 8.42. The summed E-state index contributed by atoms with van der Waals surface area (Å²) in [6.45, 7) is 6.43. The van der Waals surface area contributed by atoms with Crippen LogP contribution in [-0.4, -0.2) is 57.8 Å². The van der Waals surface area contributed by atoms with E-state index in [-0.39, 0.29) is 12.0 Å². The van der Waals surface area contributed by atoms with Crippen molar-refractivity contribution in [1.29, 1.82) is 0 Å². The molecule has 2 unspecified atom stereocenters. The molecule has 1 amide bonds. The van der Waals surface area contributed by atoms with Crippen LogP contribution in [0.3, 0.4) is 0 Å². The van der Waals surface area contributed by atoms with Gasteiger partial charge < -0.3 is 29.6 Å². The van der Waals surface area contributed by atoms with Crippen molar-refractivity contribution in [1.82, 2.24) is 19.5 Å². The van der Waals surface area contributed by atoms with Gasteiger partial charge in [-0.25, -0.2) is 9.97 Å². The first kappa shape index (κ1) is 21.2. The van der Waals surface area contributed by atoms with E-state index in [1.807, 2.05) is 54.6 Å². The van der Waals surface area contributed by atoms with E-state index in [9.17, 15) is 4.79 Å². The van der Waals surface area contributed by atoms with Crippen molar-refractivity contribution in [2.24, 2.45) is 0 Å². The number of methoxy groups -OCH3 is 2. The molecular weight excluding hydrogens is 422 g/mol. The van der Waals surface area contributed by atoms with Crippen LogP contribution in [0.4, 0.5) is 23.1 Å². The summed E-state index contributed by atoms with van der Waals surface area (Å²) in [4.78, 5) is 28.6. The van der Waals surface area contributed by atoms with E-state index in [1.54, 1.807) is 20.5 Å². The highest BCUT2D eigenvalue weighted by Gasteiger charge is 2.59. The average molecular weight is 450 g/mol. The van der Waals surface area contributed by atoms with Crippen LogP contribution in [0, 0.1) is 6.92 Å². The molecule has 0 saturated carbocycles. The third-order valence-corrected chi connectivity index (χ3v) is 6.50. The third kappa shape index (κ3) is 3.20. The fourth-order valence-electron chi connectivity index (χ4n) is 4.49. The van der Waals surface area contributed by atoms with Crippen molar-refractivity contribution in [3.63, 3.8) is 0 Å². The van der Waals surface area contributed by atoms with Gasteiger partial charge in [0.25, 0.3) is 5.91 Å². The summed E-state index contributed by atoms with van der Waals surface area (Å²) >= 11 is 0. The molecule has 0 radical (unpaired) electrons. The number of ether oxygens (including phenoxy) is 2. The van der Waals surface area contributed by atoms with Gasteiger partial charge in [-0.2, -0.15) is 4.98 Å². The van der Waals surface area contributed by atoms with E-state index >= 15 is 0 Å². The number of fused-ring (bicyclic) bond motifs is 3. The van der Waals surface area contributed by atoms with E-state index in [1.165, 1.54) is 0 Å². The molecule has 4 heterocycles. The molecule has 2 aliphatic rings. The number of carbonyl (C=O) groups is 1. The van der Waals surface area contributed by atoms with Crippen LogP contribution in [0.2, 0.25) is 0 Å². The highest BCUT2D eigenvalue weighted by atomic mass is 16.5. The van der Waals surface area contributed by atoms with Gasteiger partial charge in [-0.15, -0.1) is 0 Å². The predicted octanol–water partition coefficient (Wildman–Crippen LogP) is 2.83. The van der Waals surface area contributed by atoms with Gasteiger partial charge in [0.05, 0.1) is 30.5 Å². The van der Waals surface area contributed by atoms with Crippen molar-refractivity contribution >= 4 is 29.0 Å². The molecule has 2 N–H and O–H groups in total. The highest BCUT2D eigenvalue weighted by Crippen LogP contribution is 2.46. The Morgan fingerprint density at radius 2 is 2.12 bits per heavy atom. The normalized spacial score (nSPS) is 21.1. The van der Waals surface area contributed by atoms with Gasteiger partial charge in [0, 0.05) is 31.6 Å². The Balaban J connectivity index is 1.49. The first-order valence-electron chi connectivity index (χ1n) is 10.9. The molecule has 1 fully saturated rings. The van der Waals surface area contributed by atoms with Crippen LogP contribution < -0.4 is 20.3 Å². The molecule has 1 aromatic carbocycles. The van der Waals surface area contributed by atoms with E-state index in [2.05, 4.69) is 20.6 Å². The fourth-order valence-corrected chi connectivity index (χ4v) is 4.49. The number of hydrogen-bond donors (Lipinski definition) is 2. The minimum Gasteiger partial charge on any atom is -0.494 e. The van der Waals surface area contributed by atoms with Crippen molar-refractivity contribution in [3.05, 3.63) is 42.1 Å². The molecule has 33 heavy (non-hydrogen) atoms. The predicted molar refractivity (Wildman–Crippen MR) is 125 cm³/mol. The third-order valence-electron chi connectivity index (χ3n) is 6.50. The molecule has 0 spiro atoms. The second-order valence-electron chi connectivity index (χ2n) is 8.42. The Morgan fingerprint density at radius 3 is 2.79 bits per heavy atom. The number of aryl methyl sites for hydroxylation is 2. The quantitative estimate of drug-likeness (QED) is 0.592. The summed E-state index contributed by atoms with van der Waals surface area (Å²) in [5.41, 5.74) is 3.25. The number of nitrogens with zero attached hydrogens (tertiary/aromatic N) is 5. The molecule has 0 aliphatic carbocycles. The summed E-state index contributed by atoms with van der Waals surface area (Å²) in [5.74, 6) is 1.76. The number of amides is 1. The van der Waals surface area contributed by atoms with Gasteiger partial charge in [-0.05, 0) is 32.4 Å². The van der Waals surface area contributed by atoms with Crippen molar-refractivity contribution in [2.75, 3.05) is 36.3 Å². The van der Waals surface area contributed by atoms with Crippen LogP contribution in [0.25, 0.3) is 5.69 Å². The highest BCUT2D eigenvalue weighted by molar-refractivity contribution is 6.08. The topological polar surface area (TPSA) is 106 Å². The number of benzene rings is 1. The minimum atomic E-state index is -0.786. The summed E-state index contributed by atoms with van der Waals surface area (Å²) < 4.78 is 13.1. The Labute approximate surface area is 192 Å². The lowest BCUT2D eigenvalue weighted by Crippen LogP contribution is -2.77. The lowest BCUT2D eigenvalue weighted by atomic mass is 9.80. The molecular formula is C23H27N7O3. The maximum absolute atomic E-state index is 12.9. The van der Waals surface area contributed by atoms with Crippen LogP contribution in [0.15, 0.2) is 30.7 Å². The molecule has 2 atom stereocenters. The Bertz CT molecular complexity index is 1240. The number of carbonyl (C=O) groups excluding carboxylic acids is 1. The summed E-state index contributed by atoms with van der Waals surface area (Å²) in [5, 5.41) is 6.31. The molecule has 3 aromatic rings. The van der Waals surface area contributed by atoms with E-state index in [0.29, 0.717) is 36.2 Å². The smallest absolute Gasteiger partial charge is 0.252 e. The van der Waals surface area contributed by atoms with E-state index in [0.717, 1.165) is 22.8 Å². The first-order chi connectivity index (χ1) is 15.9. The van der Waals surface area contributed by atoms with Gasteiger partial charge in [0.15, 0.2) is 5.82 Å². The monoisotopic (exact) mass is 449 g/mol. The van der Waals surface area contributed by atoms with Gasteiger partial charge in [-0.3, -0.25) is 4.79 Å². The number of hydrogen-bond acceptors (Lipinski definition) is 8. The fraction of sp³-hybridized carbons (Fsp3) is 0.391. The van der Waals surface area contributed by atoms with Gasteiger partial charge in [0.1, 0.15) is 23.1 Å². The SMILES string of the molecule is CCc1nc(Nc2ccc(-n3cnc(C)c3)c(OC)c2)nc2c1NC(=O)C1(C)C(OC)CN21. The molecule has 2 aliphatic heterocycles. The zero-order chi connectivity index (χ0) is 23.3. The van der Waals surface area contributed by atoms with Crippen molar-refractivity contribution < 1.29 is 14.3 Å². The minimum absolute atomic E-state index is 0.0952. The van der Waals surface area contributed by atoms with Crippen LogP contribution >= 0.6 is 0 Å². The molecule has 1 saturated heterocycles. The molecule has 10 nitrogen and oxygen atoms in total. The number of imidazole rings is 1. The standard InChI is InChI=1S/C23H27N7O3/c1-6-15-19-20(30-11-18(33-5)23(30,3)21(31)27-19)28-22(26-15)25-14-7-8-16(17(9-14)32-4)29-10-13(2)24-12-29/h7-10,12,18H,6,11H2,1-5H3,(H,27,31)(H,25,26,28). The zero-order valence-corrected chi connectivity index (χ0v) is 19.3. The number of rotatable bonds is 6. The number of aromatic nitrogens is 4. The summed E-state index contributed by atoms with van der Waals surface area (Å²) in [7, 11) is 3.26. The summed E-state index contributed by atoms with van der Waals surface area (Å²) in [6, 6.07) is 5.80. The maximum Gasteiger partial charge on any atom is 0.252 e. The Kier molecular flexibility index (Phi) is 4.97. The van der Waals surface area contributed by atoms with Gasteiger partial charge in [-0.1, -0.05) is 6.92 Å². The largest absolute Gasteiger partial charge is 0.494 e. The zero-order valence-electron chi connectivity index (χ0n) is 19.3. The number of anilines is 4. The Morgan fingerprint density at radius 1 is 1.30 bits per heavy atom. The maximum atomic E-state index is 12.9. The van der Waals surface area contributed by atoms with E-state index in [4.69, 9.17) is 14.5 Å². The first-order valence-corrected chi connectivity index (χ1v) is 10.9. The van der Waals surface area contributed by atoms with Gasteiger partial charge >= 0.3 is 0 Å². The average Bonchev–Trinajstić information content (AvgIpc) is 3.24.